The molecule has 0 aliphatic rings. The van der Waals surface area contributed by atoms with E-state index >= 15 is 0 Å². The molecule has 1 heterocycles. The Morgan fingerprint density at radius 3 is 2.71 bits per heavy atom. The van der Waals surface area contributed by atoms with E-state index in [-0.39, 0.29) is 22.5 Å². The van der Waals surface area contributed by atoms with Gasteiger partial charge >= 0.3 is 0 Å². The molecule has 2 N–H and O–H groups in total. The zero-order valence-corrected chi connectivity index (χ0v) is 12.8. The van der Waals surface area contributed by atoms with Crippen molar-refractivity contribution in [3.63, 3.8) is 0 Å². The van der Waals surface area contributed by atoms with E-state index in [9.17, 15) is 17.2 Å². The highest BCUT2D eigenvalue weighted by Gasteiger charge is 2.20. The molecule has 0 fully saturated rings. The number of anilines is 1. The number of aromatic nitrogens is 2. The number of nitrogens with zero attached hydrogens (tertiary/aromatic N) is 2. The zero-order chi connectivity index (χ0) is 15.6. The molecular weight excluding hydrogens is 372 g/mol. The predicted molar refractivity (Wildman–Crippen MR) is 74.2 cm³/mol. The molecule has 0 amide bonds. The number of aliphatic hydroxyl groups excluding tert-OH is 1. The minimum absolute atomic E-state index is 0.0636. The molecule has 0 aliphatic heterocycles. The maximum Gasteiger partial charge on any atom is 0.265 e. The molecule has 1 aromatic heterocycles. The van der Waals surface area contributed by atoms with Gasteiger partial charge in [-0.05, 0) is 22.0 Å². The fraction of sp³-hybridized carbons (Fsp3) is 0.182. The molecule has 1 aromatic carbocycles. The van der Waals surface area contributed by atoms with Gasteiger partial charge < -0.3 is 5.11 Å². The number of hydrogen-bond acceptors (Lipinski definition) is 4. The number of hydrogen-bond donors (Lipinski definition) is 2. The predicted octanol–water partition coefficient (Wildman–Crippen LogP) is 1.72. The summed E-state index contributed by atoms with van der Waals surface area (Å²) in [6.45, 7) is -0.0726. The maximum atomic E-state index is 13.6. The summed E-state index contributed by atoms with van der Waals surface area (Å²) in [5.41, 5.74) is -0.397. The van der Waals surface area contributed by atoms with Gasteiger partial charge in [0.15, 0.2) is 5.82 Å². The molecule has 0 atom stereocenters. The van der Waals surface area contributed by atoms with Gasteiger partial charge in [-0.3, -0.25) is 9.40 Å². The Bertz CT molecular complexity index is 741. The third-order valence-electron chi connectivity index (χ3n) is 2.49. The summed E-state index contributed by atoms with van der Waals surface area (Å²) in [5, 5.41) is 12.5. The molecular formula is C11H10BrF2N3O3S. The fourth-order valence-corrected chi connectivity index (χ4v) is 3.22. The molecule has 0 saturated carbocycles. The van der Waals surface area contributed by atoms with Crippen LogP contribution in [-0.4, -0.2) is 29.9 Å². The summed E-state index contributed by atoms with van der Waals surface area (Å²) in [6.07, 6.45) is 2.25. The summed E-state index contributed by atoms with van der Waals surface area (Å²) >= 11 is 2.89. The lowest BCUT2D eigenvalue weighted by atomic mass is 10.3. The normalized spacial score (nSPS) is 11.6. The molecule has 0 bridgehead atoms. The Balaban J connectivity index is 2.33. The van der Waals surface area contributed by atoms with Crippen LogP contribution in [-0.2, 0) is 16.6 Å². The van der Waals surface area contributed by atoms with Crippen molar-refractivity contribution in [1.29, 1.82) is 0 Å². The first-order valence-corrected chi connectivity index (χ1v) is 7.92. The van der Waals surface area contributed by atoms with Crippen molar-refractivity contribution in [2.24, 2.45) is 0 Å². The van der Waals surface area contributed by atoms with Crippen molar-refractivity contribution in [3.05, 3.63) is 40.6 Å². The van der Waals surface area contributed by atoms with E-state index in [0.29, 0.717) is 6.07 Å². The topological polar surface area (TPSA) is 84.2 Å². The first-order valence-electron chi connectivity index (χ1n) is 5.64. The van der Waals surface area contributed by atoms with E-state index in [2.05, 4.69) is 21.0 Å². The second-order valence-corrected chi connectivity index (χ2v) is 6.55. The van der Waals surface area contributed by atoms with Crippen LogP contribution < -0.4 is 4.72 Å². The third-order valence-corrected chi connectivity index (χ3v) is 4.42. The van der Waals surface area contributed by atoms with E-state index in [1.807, 2.05) is 4.72 Å². The molecule has 0 aliphatic carbocycles. The molecule has 6 nitrogen and oxygen atoms in total. The van der Waals surface area contributed by atoms with Crippen molar-refractivity contribution < 1.29 is 22.3 Å². The fourth-order valence-electron chi connectivity index (χ4n) is 1.54. The van der Waals surface area contributed by atoms with Crippen molar-refractivity contribution in [1.82, 2.24) is 9.78 Å². The van der Waals surface area contributed by atoms with Gasteiger partial charge in [0.25, 0.3) is 10.0 Å². The van der Waals surface area contributed by atoms with E-state index in [4.69, 9.17) is 5.11 Å². The number of aliphatic hydroxyl groups is 1. The molecule has 2 aromatic rings. The number of nitrogens with one attached hydrogen (secondary N) is 1. The van der Waals surface area contributed by atoms with Crippen LogP contribution in [0.4, 0.5) is 14.5 Å². The largest absolute Gasteiger partial charge is 0.394 e. The summed E-state index contributed by atoms with van der Waals surface area (Å²) in [4.78, 5) is -0.202. The van der Waals surface area contributed by atoms with Crippen LogP contribution in [0, 0.1) is 11.6 Å². The van der Waals surface area contributed by atoms with Gasteiger partial charge in [-0.15, -0.1) is 0 Å². The van der Waals surface area contributed by atoms with E-state index in [0.717, 1.165) is 12.3 Å². The van der Waals surface area contributed by atoms with Gasteiger partial charge in [0.2, 0.25) is 0 Å². The summed E-state index contributed by atoms with van der Waals surface area (Å²) in [6, 6.07) is 1.51. The third kappa shape index (κ3) is 3.57. The first-order chi connectivity index (χ1) is 9.83. The summed E-state index contributed by atoms with van der Waals surface area (Å²) in [7, 11) is -4.08. The Morgan fingerprint density at radius 1 is 1.38 bits per heavy atom. The van der Waals surface area contributed by atoms with Crippen LogP contribution in [0.5, 0.6) is 0 Å². The van der Waals surface area contributed by atoms with Gasteiger partial charge in [-0.2, -0.15) is 5.10 Å². The van der Waals surface area contributed by atoms with Gasteiger partial charge in [-0.1, -0.05) is 0 Å². The highest BCUT2D eigenvalue weighted by atomic mass is 79.9. The van der Waals surface area contributed by atoms with Gasteiger partial charge in [-0.25, -0.2) is 17.2 Å². The Kier molecular flexibility index (Phi) is 4.59. The Labute approximate surface area is 127 Å². The van der Waals surface area contributed by atoms with Crippen LogP contribution >= 0.6 is 15.9 Å². The average Bonchev–Trinajstić information content (AvgIpc) is 2.84. The quantitative estimate of drug-likeness (QED) is 0.825. The van der Waals surface area contributed by atoms with Gasteiger partial charge in [0.05, 0.1) is 25.0 Å². The lowest BCUT2D eigenvalue weighted by Crippen LogP contribution is -2.14. The van der Waals surface area contributed by atoms with Crippen molar-refractivity contribution in [2.45, 2.75) is 11.4 Å². The average molecular weight is 382 g/mol. The highest BCUT2D eigenvalue weighted by Crippen LogP contribution is 2.29. The molecule has 114 valence electrons. The number of halogens is 3. The molecule has 0 spiro atoms. The maximum absolute atomic E-state index is 13.6. The van der Waals surface area contributed by atoms with Gasteiger partial charge in [0.1, 0.15) is 10.7 Å². The van der Waals surface area contributed by atoms with Crippen LogP contribution in [0.3, 0.4) is 0 Å². The summed E-state index contributed by atoms with van der Waals surface area (Å²) < 4.78 is 54.0. The minimum Gasteiger partial charge on any atom is -0.394 e. The molecule has 0 unspecified atom stereocenters. The second kappa shape index (κ2) is 6.08. The molecule has 10 heteroatoms. The van der Waals surface area contributed by atoms with Crippen LogP contribution in [0.25, 0.3) is 0 Å². The van der Waals surface area contributed by atoms with Crippen molar-refractivity contribution in [2.75, 3.05) is 11.3 Å². The van der Waals surface area contributed by atoms with Crippen LogP contribution in [0.1, 0.15) is 0 Å². The van der Waals surface area contributed by atoms with Gasteiger partial charge in [0, 0.05) is 16.7 Å². The zero-order valence-electron chi connectivity index (χ0n) is 10.4. The molecule has 21 heavy (non-hydrogen) atoms. The van der Waals surface area contributed by atoms with E-state index in [1.54, 1.807) is 0 Å². The number of sulfonamides is 1. The summed E-state index contributed by atoms with van der Waals surface area (Å²) in [5.74, 6) is -1.88. The van der Waals surface area contributed by atoms with Crippen molar-refractivity contribution in [3.8, 4) is 0 Å². The highest BCUT2D eigenvalue weighted by molar-refractivity contribution is 9.10. The number of benzene rings is 1. The van der Waals surface area contributed by atoms with E-state index in [1.165, 1.54) is 10.9 Å². The Hall–Kier alpha value is -1.52. The standard InChI is InChI=1S/C11H10BrF2N3O3S/c12-9-3-7(13)4-10(14)11(9)16-21(19,20)8-5-15-17(6-8)1-2-18/h3-6,16,18H,1-2H2. The smallest absolute Gasteiger partial charge is 0.265 e. The van der Waals surface area contributed by atoms with Crippen LogP contribution in [0.2, 0.25) is 0 Å². The lowest BCUT2D eigenvalue weighted by Gasteiger charge is -2.09. The monoisotopic (exact) mass is 381 g/mol. The number of rotatable bonds is 5. The molecule has 0 radical (unpaired) electrons. The Morgan fingerprint density at radius 2 is 2.10 bits per heavy atom. The second-order valence-electron chi connectivity index (χ2n) is 4.01. The van der Waals surface area contributed by atoms with Crippen LogP contribution in [0.15, 0.2) is 33.9 Å². The SMILES string of the molecule is O=S(=O)(Nc1c(F)cc(F)cc1Br)c1cnn(CCO)c1. The minimum atomic E-state index is -4.08. The first kappa shape index (κ1) is 15.9. The molecule has 2 rings (SSSR count). The molecule has 0 saturated heterocycles. The van der Waals surface area contributed by atoms with Crippen molar-refractivity contribution >= 4 is 31.6 Å². The lowest BCUT2D eigenvalue weighted by molar-refractivity contribution is 0.269. The van der Waals surface area contributed by atoms with E-state index < -0.39 is 27.3 Å².